The van der Waals surface area contributed by atoms with Gasteiger partial charge in [0.25, 0.3) is 0 Å². The predicted molar refractivity (Wildman–Crippen MR) is 163 cm³/mol. The van der Waals surface area contributed by atoms with E-state index in [1.54, 1.807) is 26.4 Å². The topological polar surface area (TPSA) is 91.4 Å². The third-order valence-corrected chi connectivity index (χ3v) is 8.26. The van der Waals surface area contributed by atoms with Gasteiger partial charge in [-0.3, -0.25) is 0 Å². The summed E-state index contributed by atoms with van der Waals surface area (Å²) in [6, 6.07) is 21.2. The van der Waals surface area contributed by atoms with Gasteiger partial charge in [0.2, 0.25) is 0 Å². The summed E-state index contributed by atoms with van der Waals surface area (Å²) in [6.45, 7) is 5.06. The Morgan fingerprint density at radius 1 is 1.00 bits per heavy atom. The zero-order chi connectivity index (χ0) is 29.1. The number of hydrogen-bond donors (Lipinski definition) is 1. The number of benzene rings is 3. The average molecular weight is 589 g/mol. The van der Waals surface area contributed by atoms with Crippen LogP contribution in [0.15, 0.2) is 76.8 Å². The molecule has 2 heterocycles. The van der Waals surface area contributed by atoms with E-state index in [0.29, 0.717) is 40.6 Å². The minimum Gasteiger partial charge on any atom is -0.497 e. The van der Waals surface area contributed by atoms with Crippen molar-refractivity contribution in [3.63, 3.8) is 0 Å². The number of thioether (sulfide) groups is 1. The highest BCUT2D eigenvalue weighted by Crippen LogP contribution is 2.36. The summed E-state index contributed by atoms with van der Waals surface area (Å²) < 4.78 is 14.9. The maximum atomic E-state index is 12.5. The normalized spacial score (nSPS) is 11.7. The lowest BCUT2D eigenvalue weighted by Gasteiger charge is -2.11. The zero-order valence-corrected chi connectivity index (χ0v) is 24.7. The number of carboxylic acid groups (broad SMARTS) is 1. The highest BCUT2D eigenvalue weighted by Gasteiger charge is 2.21. The molecule has 0 saturated heterocycles. The Hall–Kier alpha value is -4.21. The molecule has 0 aliphatic rings. The van der Waals surface area contributed by atoms with Gasteiger partial charge in [-0.15, -0.1) is 10.2 Å². The second-order valence-electron chi connectivity index (χ2n) is 9.26. The van der Waals surface area contributed by atoms with Crippen molar-refractivity contribution < 1.29 is 19.4 Å². The van der Waals surface area contributed by atoms with E-state index in [2.05, 4.69) is 14.8 Å². The molecule has 0 spiro atoms. The maximum Gasteiger partial charge on any atom is 0.342 e. The highest BCUT2D eigenvalue weighted by molar-refractivity contribution is 8.04. The molecular weight excluding hydrogens is 560 g/mol. The molecule has 10 heteroatoms. The van der Waals surface area contributed by atoms with E-state index in [4.69, 9.17) is 21.1 Å². The fourth-order valence-corrected chi connectivity index (χ4v) is 5.87. The van der Waals surface area contributed by atoms with Crippen LogP contribution in [0.5, 0.6) is 11.5 Å². The summed E-state index contributed by atoms with van der Waals surface area (Å²) in [5, 5.41) is 21.1. The monoisotopic (exact) mass is 588 g/mol. The standard InChI is InChI=1S/C31H29ClN4O4S/c1-5-35-29(21-14-22(39-3)16-23(15-21)40-4)33-34-31(35)41-28(30(37)38)17-25-19(2)36(27-13-9-7-11-24(25)27)18-20-10-6-8-12-26(20)32/h6-17H,5,18H2,1-4H3,(H,37,38)/b28-17-. The third-order valence-electron chi connectivity index (χ3n) is 6.90. The predicted octanol–water partition coefficient (Wildman–Crippen LogP) is 7.16. The van der Waals surface area contributed by atoms with Gasteiger partial charge < -0.3 is 23.7 Å². The summed E-state index contributed by atoms with van der Waals surface area (Å²) >= 11 is 7.54. The van der Waals surface area contributed by atoms with E-state index in [-0.39, 0.29) is 4.91 Å². The fraction of sp³-hybridized carbons (Fsp3) is 0.194. The number of carbonyl (C=O) groups is 1. The zero-order valence-electron chi connectivity index (χ0n) is 23.1. The van der Waals surface area contributed by atoms with Crippen LogP contribution in [0.4, 0.5) is 0 Å². The molecule has 5 rings (SSSR count). The van der Waals surface area contributed by atoms with Gasteiger partial charge in [-0.05, 0) is 61.5 Å². The number of nitrogens with zero attached hydrogens (tertiary/aromatic N) is 4. The minimum atomic E-state index is -1.05. The number of hydrogen-bond acceptors (Lipinski definition) is 6. The van der Waals surface area contributed by atoms with Crippen molar-refractivity contribution >= 4 is 46.3 Å². The summed E-state index contributed by atoms with van der Waals surface area (Å²) in [5.41, 5.74) is 4.50. The van der Waals surface area contributed by atoms with Crippen LogP contribution in [0.1, 0.15) is 23.7 Å². The Kier molecular flexibility index (Phi) is 8.37. The van der Waals surface area contributed by atoms with E-state index in [1.165, 1.54) is 0 Å². The van der Waals surface area contributed by atoms with Crippen molar-refractivity contribution in [3.8, 4) is 22.9 Å². The van der Waals surface area contributed by atoms with Crippen LogP contribution in [-0.2, 0) is 17.9 Å². The van der Waals surface area contributed by atoms with E-state index in [9.17, 15) is 9.90 Å². The number of rotatable bonds is 10. The van der Waals surface area contributed by atoms with Crippen LogP contribution in [-0.4, -0.2) is 44.6 Å². The number of ether oxygens (including phenoxy) is 2. The number of halogens is 1. The van der Waals surface area contributed by atoms with Gasteiger partial charge in [0.1, 0.15) is 16.4 Å². The molecule has 5 aromatic rings. The molecule has 0 fully saturated rings. The summed E-state index contributed by atoms with van der Waals surface area (Å²) in [7, 11) is 3.17. The molecule has 41 heavy (non-hydrogen) atoms. The SMILES string of the molecule is CCn1c(S/C(=C\c2c(C)n(Cc3ccccc3Cl)c3ccccc23)C(=O)O)nnc1-c1cc(OC)cc(OC)c1. The molecule has 1 N–H and O–H groups in total. The number of fused-ring (bicyclic) bond motifs is 1. The molecule has 0 atom stereocenters. The fourth-order valence-electron chi connectivity index (χ4n) is 4.80. The molecule has 210 valence electrons. The van der Waals surface area contributed by atoms with Gasteiger partial charge in [0.05, 0.1) is 14.2 Å². The van der Waals surface area contributed by atoms with Gasteiger partial charge >= 0.3 is 5.97 Å². The summed E-state index contributed by atoms with van der Waals surface area (Å²) in [5.74, 6) is 0.778. The molecule has 0 bridgehead atoms. The van der Waals surface area contributed by atoms with Crippen molar-refractivity contribution in [3.05, 3.63) is 93.5 Å². The van der Waals surface area contributed by atoms with Crippen molar-refractivity contribution in [2.24, 2.45) is 0 Å². The third kappa shape index (κ3) is 5.68. The van der Waals surface area contributed by atoms with E-state index >= 15 is 0 Å². The number of para-hydroxylation sites is 1. The number of carboxylic acids is 1. The second kappa shape index (κ2) is 12.1. The van der Waals surface area contributed by atoms with Crippen LogP contribution < -0.4 is 9.47 Å². The first kappa shape index (κ1) is 28.3. The molecule has 2 aromatic heterocycles. The van der Waals surface area contributed by atoms with Crippen LogP contribution in [0.3, 0.4) is 0 Å². The summed E-state index contributed by atoms with van der Waals surface area (Å²) in [6.07, 6.45) is 1.72. The van der Waals surface area contributed by atoms with E-state index in [0.717, 1.165) is 45.0 Å². The second-order valence-corrected chi connectivity index (χ2v) is 10.7. The Bertz CT molecular complexity index is 1750. The van der Waals surface area contributed by atoms with Crippen LogP contribution in [0.25, 0.3) is 28.4 Å². The molecule has 0 aliphatic carbocycles. The van der Waals surface area contributed by atoms with Gasteiger partial charge in [-0.1, -0.05) is 48.0 Å². The van der Waals surface area contributed by atoms with E-state index in [1.807, 2.05) is 79.1 Å². The van der Waals surface area contributed by atoms with Gasteiger partial charge in [0.15, 0.2) is 11.0 Å². The molecular formula is C31H29ClN4O4S. The molecule has 0 unspecified atom stereocenters. The van der Waals surface area contributed by atoms with E-state index < -0.39 is 5.97 Å². The lowest BCUT2D eigenvalue weighted by Crippen LogP contribution is -2.04. The van der Waals surface area contributed by atoms with Crippen molar-refractivity contribution in [2.45, 2.75) is 32.1 Å². The molecule has 3 aromatic carbocycles. The first-order valence-corrected chi connectivity index (χ1v) is 14.1. The highest BCUT2D eigenvalue weighted by atomic mass is 35.5. The van der Waals surface area contributed by atoms with Gasteiger partial charge in [-0.2, -0.15) is 0 Å². The first-order chi connectivity index (χ1) is 19.8. The Morgan fingerprint density at radius 3 is 2.34 bits per heavy atom. The van der Waals surface area contributed by atoms with Crippen LogP contribution >= 0.6 is 23.4 Å². The van der Waals surface area contributed by atoms with Crippen molar-refractivity contribution in [1.82, 2.24) is 19.3 Å². The lowest BCUT2D eigenvalue weighted by atomic mass is 10.1. The first-order valence-electron chi connectivity index (χ1n) is 12.9. The molecule has 0 saturated carbocycles. The summed E-state index contributed by atoms with van der Waals surface area (Å²) in [4.78, 5) is 12.7. The van der Waals surface area contributed by atoms with Crippen LogP contribution in [0.2, 0.25) is 5.02 Å². The Balaban J connectivity index is 1.56. The number of methoxy groups -OCH3 is 2. The quantitative estimate of drug-likeness (QED) is 0.137. The van der Waals surface area contributed by atoms with Crippen molar-refractivity contribution in [2.75, 3.05) is 14.2 Å². The Morgan fingerprint density at radius 2 is 1.68 bits per heavy atom. The maximum absolute atomic E-state index is 12.5. The Labute approximate surface area is 247 Å². The molecule has 0 aliphatic heterocycles. The number of aliphatic carboxylic acids is 1. The largest absolute Gasteiger partial charge is 0.497 e. The van der Waals surface area contributed by atoms with Gasteiger partial charge in [-0.25, -0.2) is 4.79 Å². The van der Waals surface area contributed by atoms with Crippen molar-refractivity contribution in [1.29, 1.82) is 0 Å². The molecule has 0 radical (unpaired) electrons. The minimum absolute atomic E-state index is 0.130. The van der Waals surface area contributed by atoms with Gasteiger partial charge in [0, 0.05) is 51.9 Å². The molecule has 0 amide bonds. The molecule has 8 nitrogen and oxygen atoms in total. The van der Waals surface area contributed by atoms with Crippen LogP contribution in [0, 0.1) is 6.92 Å². The number of aromatic nitrogens is 4. The lowest BCUT2D eigenvalue weighted by molar-refractivity contribution is -0.131. The average Bonchev–Trinajstić information content (AvgIpc) is 3.51. The smallest absolute Gasteiger partial charge is 0.342 e.